The van der Waals surface area contributed by atoms with Crippen LogP contribution >= 0.6 is 11.6 Å². The predicted molar refractivity (Wildman–Crippen MR) is 116 cm³/mol. The Hall–Kier alpha value is -3.17. The number of benzene rings is 3. The number of amides is 1. The molecule has 0 aromatic heterocycles. The highest BCUT2D eigenvalue weighted by molar-refractivity contribution is 6.39. The quantitative estimate of drug-likeness (QED) is 0.524. The van der Waals surface area contributed by atoms with Crippen molar-refractivity contribution in [2.24, 2.45) is 4.99 Å². The van der Waals surface area contributed by atoms with E-state index in [1.807, 2.05) is 86.7 Å². The Morgan fingerprint density at radius 1 is 0.893 bits per heavy atom. The lowest BCUT2D eigenvalue weighted by Gasteiger charge is -2.19. The molecule has 1 amide bonds. The molecule has 3 aromatic rings. The molecule has 4 rings (SSSR count). The Balaban J connectivity index is 1.85. The molecule has 4 heteroatoms. The van der Waals surface area contributed by atoms with Gasteiger partial charge in [0, 0.05) is 5.56 Å². The molecule has 28 heavy (non-hydrogen) atoms. The van der Waals surface area contributed by atoms with Gasteiger partial charge in [0.15, 0.2) is 0 Å². The second kappa shape index (κ2) is 7.45. The minimum absolute atomic E-state index is 0.166. The Morgan fingerprint density at radius 3 is 2.36 bits per heavy atom. The van der Waals surface area contributed by atoms with Gasteiger partial charge in [0.05, 0.1) is 10.7 Å². The van der Waals surface area contributed by atoms with E-state index >= 15 is 0 Å². The molecule has 1 aliphatic heterocycles. The molecule has 1 aliphatic rings. The van der Waals surface area contributed by atoms with Crippen molar-refractivity contribution < 1.29 is 4.79 Å². The van der Waals surface area contributed by atoms with Crippen LogP contribution in [0.5, 0.6) is 0 Å². The molecule has 0 saturated carbocycles. The van der Waals surface area contributed by atoms with Gasteiger partial charge >= 0.3 is 0 Å². The van der Waals surface area contributed by atoms with Gasteiger partial charge in [-0.1, -0.05) is 65.7 Å². The monoisotopic (exact) mass is 386 g/mol. The summed E-state index contributed by atoms with van der Waals surface area (Å²) in [7, 11) is 0. The van der Waals surface area contributed by atoms with Crippen LogP contribution in [0, 0.1) is 13.8 Å². The first-order chi connectivity index (χ1) is 13.5. The predicted octanol–water partition coefficient (Wildman–Crippen LogP) is 5.79. The van der Waals surface area contributed by atoms with Crippen LogP contribution in [0.3, 0.4) is 0 Å². The summed E-state index contributed by atoms with van der Waals surface area (Å²) in [5.74, 6) is 0.376. The van der Waals surface area contributed by atoms with Crippen molar-refractivity contribution >= 4 is 35.1 Å². The van der Waals surface area contributed by atoms with Gasteiger partial charge in [-0.25, -0.2) is 4.99 Å². The van der Waals surface area contributed by atoms with E-state index in [9.17, 15) is 4.79 Å². The Morgan fingerprint density at radius 2 is 1.64 bits per heavy atom. The summed E-state index contributed by atoms with van der Waals surface area (Å²) in [5, 5.41) is 0.559. The van der Waals surface area contributed by atoms with E-state index < -0.39 is 0 Å². The lowest BCUT2D eigenvalue weighted by atomic mass is 10.1. The van der Waals surface area contributed by atoms with Crippen molar-refractivity contribution in [1.29, 1.82) is 0 Å². The van der Waals surface area contributed by atoms with Crippen LogP contribution in [-0.4, -0.2) is 11.7 Å². The third kappa shape index (κ3) is 3.49. The van der Waals surface area contributed by atoms with Crippen LogP contribution in [0.15, 0.2) is 83.5 Å². The van der Waals surface area contributed by atoms with Crippen molar-refractivity contribution in [3.05, 3.63) is 106 Å². The molecule has 0 atom stereocenters. The van der Waals surface area contributed by atoms with Crippen molar-refractivity contribution in [3.8, 4) is 0 Å². The van der Waals surface area contributed by atoms with Crippen molar-refractivity contribution in [2.45, 2.75) is 13.8 Å². The normalized spacial score (nSPS) is 15.2. The first-order valence-electron chi connectivity index (χ1n) is 9.06. The third-order valence-electron chi connectivity index (χ3n) is 4.62. The molecule has 138 valence electrons. The molecule has 0 fully saturated rings. The fraction of sp³-hybridized carbons (Fsp3) is 0.0833. The van der Waals surface area contributed by atoms with Crippen molar-refractivity contribution in [3.63, 3.8) is 0 Å². The standard InChI is InChI=1S/C24H19ClN2O/c1-16-10-12-18(13-11-16)15-22-24(28)27(19-7-5-6-17(2)14-19)23(26-22)20-8-3-4-9-21(20)25/h3-15H,1-2H3/b22-15+. The van der Waals surface area contributed by atoms with Gasteiger partial charge in [0.2, 0.25) is 0 Å². The number of aryl methyl sites for hydroxylation is 2. The van der Waals surface area contributed by atoms with Crippen LogP contribution in [0.2, 0.25) is 5.02 Å². The van der Waals surface area contributed by atoms with Crippen LogP contribution in [0.25, 0.3) is 6.08 Å². The lowest BCUT2D eigenvalue weighted by Crippen LogP contribution is -2.32. The van der Waals surface area contributed by atoms with Crippen LogP contribution in [0.4, 0.5) is 5.69 Å². The zero-order valence-electron chi connectivity index (χ0n) is 15.7. The summed E-state index contributed by atoms with van der Waals surface area (Å²) < 4.78 is 0. The van der Waals surface area contributed by atoms with Crippen molar-refractivity contribution in [1.82, 2.24) is 0 Å². The van der Waals surface area contributed by atoms with Gasteiger partial charge in [-0.15, -0.1) is 0 Å². The average Bonchev–Trinajstić information content (AvgIpc) is 3.00. The lowest BCUT2D eigenvalue weighted by molar-refractivity contribution is -0.113. The van der Waals surface area contributed by atoms with E-state index in [1.54, 1.807) is 11.0 Å². The van der Waals surface area contributed by atoms with Gasteiger partial charge in [0.25, 0.3) is 5.91 Å². The number of carbonyl (C=O) groups excluding carboxylic acids is 1. The van der Waals surface area contributed by atoms with Gasteiger partial charge in [-0.2, -0.15) is 0 Å². The highest BCUT2D eigenvalue weighted by Gasteiger charge is 2.33. The molecule has 3 nitrogen and oxygen atoms in total. The molecule has 1 heterocycles. The summed E-state index contributed by atoms with van der Waals surface area (Å²) in [5.41, 5.74) is 5.06. The average molecular weight is 387 g/mol. The van der Waals surface area contributed by atoms with Crippen molar-refractivity contribution in [2.75, 3.05) is 4.90 Å². The number of rotatable bonds is 3. The molecule has 0 spiro atoms. The molecular formula is C24H19ClN2O. The number of hydrogen-bond acceptors (Lipinski definition) is 2. The van der Waals surface area contributed by atoms with Gasteiger partial charge in [0.1, 0.15) is 11.5 Å². The second-order valence-electron chi connectivity index (χ2n) is 6.84. The van der Waals surface area contributed by atoms with E-state index in [-0.39, 0.29) is 5.91 Å². The summed E-state index contributed by atoms with van der Waals surface area (Å²) in [6.45, 7) is 4.03. The summed E-state index contributed by atoms with van der Waals surface area (Å²) in [6, 6.07) is 23.3. The first-order valence-corrected chi connectivity index (χ1v) is 9.44. The fourth-order valence-corrected chi connectivity index (χ4v) is 3.39. The van der Waals surface area contributed by atoms with Crippen LogP contribution < -0.4 is 4.90 Å². The Bertz CT molecular complexity index is 1110. The highest BCUT2D eigenvalue weighted by atomic mass is 35.5. The number of amidine groups is 1. The summed E-state index contributed by atoms with van der Waals surface area (Å²) in [4.78, 5) is 19.6. The number of carbonyl (C=O) groups is 1. The summed E-state index contributed by atoms with van der Waals surface area (Å²) >= 11 is 6.42. The van der Waals surface area contributed by atoms with Gasteiger partial charge in [-0.3, -0.25) is 9.69 Å². The zero-order chi connectivity index (χ0) is 19.7. The molecule has 0 bridgehead atoms. The topological polar surface area (TPSA) is 32.7 Å². The molecule has 3 aromatic carbocycles. The van der Waals surface area contributed by atoms with E-state index in [0.717, 1.165) is 22.4 Å². The van der Waals surface area contributed by atoms with Gasteiger partial charge in [-0.05, 0) is 55.3 Å². The van der Waals surface area contributed by atoms with E-state index in [1.165, 1.54) is 5.56 Å². The molecule has 0 saturated heterocycles. The minimum atomic E-state index is -0.166. The van der Waals surface area contributed by atoms with E-state index in [2.05, 4.69) is 4.99 Å². The zero-order valence-corrected chi connectivity index (χ0v) is 16.4. The number of nitrogens with zero attached hydrogens (tertiary/aromatic N) is 2. The minimum Gasteiger partial charge on any atom is -0.266 e. The molecule has 0 N–H and O–H groups in total. The molecular weight excluding hydrogens is 368 g/mol. The van der Waals surface area contributed by atoms with Crippen LogP contribution in [0.1, 0.15) is 22.3 Å². The maximum Gasteiger partial charge on any atom is 0.282 e. The van der Waals surface area contributed by atoms with E-state index in [0.29, 0.717) is 16.6 Å². The number of halogens is 1. The largest absolute Gasteiger partial charge is 0.282 e. The number of aliphatic imine (C=N–C) groups is 1. The first kappa shape index (κ1) is 18.2. The summed E-state index contributed by atoms with van der Waals surface area (Å²) in [6.07, 6.45) is 1.81. The highest BCUT2D eigenvalue weighted by Crippen LogP contribution is 2.30. The van der Waals surface area contributed by atoms with Gasteiger partial charge < -0.3 is 0 Å². The SMILES string of the molecule is Cc1ccc(/C=C2/N=C(c3ccccc3Cl)N(c3cccc(C)c3)C2=O)cc1. The smallest absolute Gasteiger partial charge is 0.266 e. The molecule has 0 aliphatic carbocycles. The Labute approximate surface area is 169 Å². The molecule has 0 unspecified atom stereocenters. The maximum absolute atomic E-state index is 13.3. The number of anilines is 1. The Kier molecular flexibility index (Phi) is 4.84. The van der Waals surface area contributed by atoms with E-state index in [4.69, 9.17) is 11.6 Å². The van der Waals surface area contributed by atoms with Crippen LogP contribution in [-0.2, 0) is 4.79 Å². The maximum atomic E-state index is 13.3. The second-order valence-corrected chi connectivity index (χ2v) is 7.24. The molecule has 0 radical (unpaired) electrons. The third-order valence-corrected chi connectivity index (χ3v) is 4.95. The number of hydrogen-bond donors (Lipinski definition) is 0. The fourth-order valence-electron chi connectivity index (χ4n) is 3.17.